The Kier molecular flexibility index (Phi) is 7.32. The molecule has 9 nitrogen and oxygen atoms in total. The standard InChI is InChI=1S/C25H21Cl2N3O6/c1-3-36-18-6-4-5-13(21(18)35-2)11-14-9-10-30-22(14)29-17-12-15(7-8-16(17)24(30)32)28-23(31)19(26)20(27)25(33)34/h4-8,11-12H,3,9-10H2,1-2H3,(H,28,31)(H,33,34)/b14-11?,20-19-. The molecule has 0 fully saturated rings. The number of rotatable bonds is 7. The molecule has 2 aromatic carbocycles. The Labute approximate surface area is 215 Å². The fourth-order valence-corrected chi connectivity index (χ4v) is 4.15. The molecular weight excluding hydrogens is 509 g/mol. The van der Waals surface area contributed by atoms with Crippen molar-refractivity contribution in [2.45, 2.75) is 19.9 Å². The van der Waals surface area contributed by atoms with Gasteiger partial charge in [0, 0.05) is 17.8 Å². The van der Waals surface area contributed by atoms with E-state index < -0.39 is 21.9 Å². The summed E-state index contributed by atoms with van der Waals surface area (Å²) < 4.78 is 12.8. The van der Waals surface area contributed by atoms with Crippen LogP contribution >= 0.6 is 23.2 Å². The monoisotopic (exact) mass is 529 g/mol. The average molecular weight is 530 g/mol. The van der Waals surface area contributed by atoms with E-state index >= 15 is 0 Å². The molecule has 0 bridgehead atoms. The summed E-state index contributed by atoms with van der Waals surface area (Å²) in [4.78, 5) is 41.1. The van der Waals surface area contributed by atoms with E-state index in [4.69, 9.17) is 42.8 Å². The van der Waals surface area contributed by atoms with E-state index in [0.717, 1.165) is 11.1 Å². The number of anilines is 1. The summed E-state index contributed by atoms with van der Waals surface area (Å²) in [5.41, 5.74) is 2.05. The predicted molar refractivity (Wildman–Crippen MR) is 138 cm³/mol. The minimum atomic E-state index is -1.52. The third-order valence-electron chi connectivity index (χ3n) is 5.53. The van der Waals surface area contributed by atoms with Gasteiger partial charge in [-0.3, -0.25) is 14.2 Å². The summed E-state index contributed by atoms with van der Waals surface area (Å²) in [6, 6.07) is 10.1. The van der Waals surface area contributed by atoms with Crippen molar-refractivity contribution in [3.63, 3.8) is 0 Å². The number of allylic oxidation sites excluding steroid dienone is 1. The molecular formula is C25H21Cl2N3O6. The molecule has 0 unspecified atom stereocenters. The molecule has 4 rings (SSSR count). The van der Waals surface area contributed by atoms with Crippen LogP contribution in [-0.2, 0) is 16.1 Å². The van der Waals surface area contributed by atoms with Crippen molar-refractivity contribution < 1.29 is 24.2 Å². The maximum Gasteiger partial charge on any atom is 0.349 e. The van der Waals surface area contributed by atoms with E-state index in [1.54, 1.807) is 17.7 Å². The molecule has 186 valence electrons. The highest BCUT2D eigenvalue weighted by Crippen LogP contribution is 2.35. The topological polar surface area (TPSA) is 120 Å². The first-order chi connectivity index (χ1) is 17.2. The van der Waals surface area contributed by atoms with E-state index in [1.165, 1.54) is 12.1 Å². The smallest absolute Gasteiger partial charge is 0.349 e. The molecule has 0 radical (unpaired) electrons. The van der Waals surface area contributed by atoms with Crippen LogP contribution in [0.25, 0.3) is 22.6 Å². The number of nitrogens with zero attached hydrogens (tertiary/aromatic N) is 2. The normalized spacial score (nSPS) is 14.4. The van der Waals surface area contributed by atoms with E-state index in [0.29, 0.717) is 47.8 Å². The third-order valence-corrected chi connectivity index (χ3v) is 6.34. The zero-order chi connectivity index (χ0) is 26.0. The Bertz CT molecular complexity index is 1510. The fraction of sp³-hybridized carbons (Fsp3) is 0.200. The SMILES string of the molecule is CCOc1cccc(C=C2CCn3c2nc2cc(NC(=O)/C(Cl)=C(/Cl)C(=O)O)ccc2c3=O)c1OC. The molecule has 0 spiro atoms. The van der Waals surface area contributed by atoms with Gasteiger partial charge in [-0.15, -0.1) is 0 Å². The Morgan fingerprint density at radius 1 is 1.22 bits per heavy atom. The molecule has 3 aromatic rings. The number of halogens is 2. The lowest BCUT2D eigenvalue weighted by atomic mass is 10.1. The van der Waals surface area contributed by atoms with Crippen molar-refractivity contribution in [2.24, 2.45) is 0 Å². The van der Waals surface area contributed by atoms with Crippen LogP contribution < -0.4 is 20.3 Å². The van der Waals surface area contributed by atoms with Crippen molar-refractivity contribution in [3.05, 3.63) is 68.2 Å². The number of hydrogen-bond donors (Lipinski definition) is 2. The van der Waals surface area contributed by atoms with Gasteiger partial charge in [-0.05, 0) is 49.3 Å². The number of hydrogen-bond acceptors (Lipinski definition) is 6. The lowest BCUT2D eigenvalue weighted by Gasteiger charge is -2.12. The largest absolute Gasteiger partial charge is 0.492 e. The maximum absolute atomic E-state index is 13.1. The van der Waals surface area contributed by atoms with E-state index in [2.05, 4.69) is 5.32 Å². The van der Waals surface area contributed by atoms with Gasteiger partial charge in [0.1, 0.15) is 15.9 Å². The first kappa shape index (κ1) is 25.3. The predicted octanol–water partition coefficient (Wildman–Crippen LogP) is 4.46. The Morgan fingerprint density at radius 2 is 2.00 bits per heavy atom. The van der Waals surface area contributed by atoms with Crippen molar-refractivity contribution in [1.29, 1.82) is 0 Å². The number of nitrogens with one attached hydrogen (secondary N) is 1. The first-order valence-electron chi connectivity index (χ1n) is 10.9. The minimum Gasteiger partial charge on any atom is -0.492 e. The molecule has 1 aliphatic heterocycles. The number of methoxy groups -OCH3 is 1. The Morgan fingerprint density at radius 3 is 2.69 bits per heavy atom. The second-order valence-corrected chi connectivity index (χ2v) is 8.50. The second-order valence-electron chi connectivity index (χ2n) is 7.74. The third kappa shape index (κ3) is 4.80. The van der Waals surface area contributed by atoms with Gasteiger partial charge in [0.15, 0.2) is 11.5 Å². The lowest BCUT2D eigenvalue weighted by Crippen LogP contribution is -2.21. The number of carboxylic acid groups (broad SMARTS) is 1. The van der Waals surface area contributed by atoms with E-state index in [9.17, 15) is 14.4 Å². The summed E-state index contributed by atoms with van der Waals surface area (Å²) in [5.74, 6) is -0.714. The van der Waals surface area contributed by atoms with Gasteiger partial charge in [0.25, 0.3) is 11.5 Å². The average Bonchev–Trinajstić information content (AvgIpc) is 3.26. The Balaban J connectivity index is 1.75. The number of carboxylic acids is 1. The van der Waals surface area contributed by atoms with Gasteiger partial charge in [-0.25, -0.2) is 9.78 Å². The summed E-state index contributed by atoms with van der Waals surface area (Å²) in [5, 5.41) is 10.3. The summed E-state index contributed by atoms with van der Waals surface area (Å²) in [6.45, 7) is 2.86. The van der Waals surface area contributed by atoms with Crippen LogP contribution in [0.2, 0.25) is 0 Å². The van der Waals surface area contributed by atoms with Gasteiger partial charge in [0.2, 0.25) is 0 Å². The lowest BCUT2D eigenvalue weighted by molar-refractivity contribution is -0.132. The molecule has 0 aliphatic carbocycles. The molecule has 1 aliphatic rings. The van der Waals surface area contributed by atoms with E-state index in [-0.39, 0.29) is 11.2 Å². The number of ether oxygens (including phenoxy) is 2. The van der Waals surface area contributed by atoms with Crippen molar-refractivity contribution in [2.75, 3.05) is 19.0 Å². The molecule has 1 aromatic heterocycles. The maximum atomic E-state index is 13.1. The number of carbonyl (C=O) groups is 2. The number of aliphatic carboxylic acids is 1. The number of fused-ring (bicyclic) bond motifs is 2. The van der Waals surface area contributed by atoms with Gasteiger partial charge in [-0.2, -0.15) is 0 Å². The molecule has 1 amide bonds. The number of aromatic nitrogens is 2. The highest BCUT2D eigenvalue weighted by molar-refractivity contribution is 6.54. The van der Waals surface area contributed by atoms with Crippen molar-refractivity contribution >= 4 is 63.3 Å². The van der Waals surface area contributed by atoms with Crippen LogP contribution in [0.5, 0.6) is 11.5 Å². The van der Waals surface area contributed by atoms with E-state index in [1.807, 2.05) is 31.2 Å². The molecule has 11 heteroatoms. The molecule has 2 N–H and O–H groups in total. The number of amides is 1. The van der Waals surface area contributed by atoms with Gasteiger partial charge >= 0.3 is 5.97 Å². The molecule has 0 saturated heterocycles. The second kappa shape index (κ2) is 10.4. The first-order valence-corrected chi connectivity index (χ1v) is 11.7. The summed E-state index contributed by atoms with van der Waals surface area (Å²) >= 11 is 11.3. The van der Waals surface area contributed by atoms with Gasteiger partial charge in [0.05, 0.1) is 24.6 Å². The van der Waals surface area contributed by atoms with Crippen LogP contribution in [-0.4, -0.2) is 40.3 Å². The quantitative estimate of drug-likeness (QED) is 0.433. The molecule has 0 atom stereocenters. The summed E-state index contributed by atoms with van der Waals surface area (Å²) in [7, 11) is 1.57. The summed E-state index contributed by atoms with van der Waals surface area (Å²) in [6.07, 6.45) is 2.51. The zero-order valence-electron chi connectivity index (χ0n) is 19.3. The molecule has 36 heavy (non-hydrogen) atoms. The zero-order valence-corrected chi connectivity index (χ0v) is 20.8. The van der Waals surface area contributed by atoms with Gasteiger partial charge < -0.3 is 19.9 Å². The van der Waals surface area contributed by atoms with Crippen LogP contribution in [0.15, 0.2) is 51.3 Å². The van der Waals surface area contributed by atoms with Crippen LogP contribution in [0.4, 0.5) is 5.69 Å². The van der Waals surface area contributed by atoms with Gasteiger partial charge in [-0.1, -0.05) is 35.3 Å². The van der Waals surface area contributed by atoms with Crippen LogP contribution in [0.3, 0.4) is 0 Å². The minimum absolute atomic E-state index is 0.210. The number of para-hydroxylation sites is 1. The van der Waals surface area contributed by atoms with Crippen LogP contribution in [0.1, 0.15) is 24.7 Å². The number of carbonyl (C=O) groups excluding carboxylic acids is 1. The van der Waals surface area contributed by atoms with Crippen molar-refractivity contribution in [3.8, 4) is 11.5 Å². The molecule has 0 saturated carbocycles. The molecule has 2 heterocycles. The Hall–Kier alpha value is -3.82. The highest BCUT2D eigenvalue weighted by Gasteiger charge is 2.23. The van der Waals surface area contributed by atoms with Crippen LogP contribution in [0, 0.1) is 0 Å². The number of benzene rings is 2. The fourth-order valence-electron chi connectivity index (χ4n) is 3.93. The highest BCUT2D eigenvalue weighted by atomic mass is 35.5. The van der Waals surface area contributed by atoms with Crippen molar-refractivity contribution in [1.82, 2.24) is 9.55 Å².